The first kappa shape index (κ1) is 22.1. The molecule has 3 N–H and O–H groups in total. The number of amides is 1. The number of nitrogens with one attached hydrogen (secondary N) is 2. The van der Waals surface area contributed by atoms with E-state index in [1.165, 1.54) is 43.3 Å². The van der Waals surface area contributed by atoms with Gasteiger partial charge in [-0.1, -0.05) is 6.07 Å². The third-order valence-electron chi connectivity index (χ3n) is 3.97. The average molecular weight is 459 g/mol. The van der Waals surface area contributed by atoms with Crippen molar-refractivity contribution in [2.24, 2.45) is 9.39 Å². The summed E-state index contributed by atoms with van der Waals surface area (Å²) in [6.45, 7) is 0. The fourth-order valence-electron chi connectivity index (χ4n) is 2.59. The fraction of sp³-hybridized carbons (Fsp3) is 0.235. The summed E-state index contributed by atoms with van der Waals surface area (Å²) in [6, 6.07) is 3.74. The minimum atomic E-state index is -4.90. The average Bonchev–Trinajstić information content (AvgIpc) is 3.27. The molecule has 3 rings (SSSR count). The number of phenols is 1. The molecule has 0 spiro atoms. The van der Waals surface area contributed by atoms with Gasteiger partial charge in [0.2, 0.25) is 6.04 Å². The van der Waals surface area contributed by atoms with Crippen molar-refractivity contribution in [3.63, 3.8) is 0 Å². The second-order valence-electron chi connectivity index (χ2n) is 6.48. The van der Waals surface area contributed by atoms with Crippen molar-refractivity contribution in [3.05, 3.63) is 47.9 Å². The Morgan fingerprint density at radius 2 is 2.00 bits per heavy atom. The number of phenolic OH excluding ortho intramolecular Hbond substituents is 1. The molecule has 2 heterocycles. The lowest BCUT2D eigenvalue weighted by Gasteiger charge is -2.16. The van der Waals surface area contributed by atoms with E-state index >= 15 is 0 Å². The standard InChI is InChI=1S/C17H16F3N5O5S/c1-25(2)16(27)9-5-3-6-10(12(9)26)21-14-15(24-31(28,29)23-14)22-13(17(18,19)20)11-7-4-8-30-11/h3-8,13,26H,1-2H3,(H,21,23)(H,22,24)/t13-/m0/s1. The van der Waals surface area contributed by atoms with Gasteiger partial charge in [-0.05, 0) is 24.3 Å². The van der Waals surface area contributed by atoms with Gasteiger partial charge in [0.25, 0.3) is 5.91 Å². The van der Waals surface area contributed by atoms with E-state index in [4.69, 9.17) is 4.42 Å². The summed E-state index contributed by atoms with van der Waals surface area (Å²) in [6.07, 6.45) is -3.88. The summed E-state index contributed by atoms with van der Waals surface area (Å²) in [5.41, 5.74) is -0.286. The molecule has 1 aromatic heterocycles. The van der Waals surface area contributed by atoms with Crippen molar-refractivity contribution in [2.45, 2.75) is 12.2 Å². The lowest BCUT2D eigenvalue weighted by molar-refractivity contribution is -0.152. The second kappa shape index (κ2) is 7.94. The van der Waals surface area contributed by atoms with Crippen LogP contribution in [0, 0.1) is 0 Å². The largest absolute Gasteiger partial charge is 0.505 e. The summed E-state index contributed by atoms with van der Waals surface area (Å²) >= 11 is 0. The first-order valence-corrected chi connectivity index (χ1v) is 9.94. The Bertz CT molecular complexity index is 1160. The zero-order valence-electron chi connectivity index (χ0n) is 16.0. The highest BCUT2D eigenvalue weighted by atomic mass is 32.2. The highest BCUT2D eigenvalue weighted by Crippen LogP contribution is 2.36. The minimum Gasteiger partial charge on any atom is -0.505 e. The molecule has 0 saturated heterocycles. The molecular formula is C17H16F3N5O5S. The van der Waals surface area contributed by atoms with E-state index in [0.29, 0.717) is 0 Å². The predicted molar refractivity (Wildman–Crippen MR) is 104 cm³/mol. The summed E-state index contributed by atoms with van der Waals surface area (Å²) in [7, 11) is -1.48. The predicted octanol–water partition coefficient (Wildman–Crippen LogP) is 2.05. The Morgan fingerprint density at radius 3 is 2.58 bits per heavy atom. The smallest absolute Gasteiger partial charge is 0.418 e. The minimum absolute atomic E-state index is 0.119. The van der Waals surface area contributed by atoms with Gasteiger partial charge in [-0.25, -0.2) is 9.71 Å². The van der Waals surface area contributed by atoms with E-state index in [2.05, 4.69) is 14.7 Å². The Kier molecular flexibility index (Phi) is 5.67. The summed E-state index contributed by atoms with van der Waals surface area (Å²) in [5, 5.41) is 12.8. The quantitative estimate of drug-likeness (QED) is 0.599. The van der Waals surface area contributed by atoms with Crippen LogP contribution in [0.1, 0.15) is 22.2 Å². The van der Waals surface area contributed by atoms with Crippen molar-refractivity contribution in [3.8, 4) is 5.75 Å². The van der Waals surface area contributed by atoms with E-state index in [1.54, 1.807) is 4.72 Å². The van der Waals surface area contributed by atoms with Crippen LogP contribution in [0.2, 0.25) is 0 Å². The number of carbonyl (C=O) groups excluding carboxylic acids is 1. The third kappa shape index (κ3) is 4.79. The molecule has 0 unspecified atom stereocenters. The van der Waals surface area contributed by atoms with Gasteiger partial charge >= 0.3 is 16.4 Å². The molecule has 14 heteroatoms. The number of carbonyl (C=O) groups is 1. The molecule has 2 aromatic rings. The summed E-state index contributed by atoms with van der Waals surface area (Å²) in [5.74, 6) is -3.02. The molecule has 31 heavy (non-hydrogen) atoms. The van der Waals surface area contributed by atoms with Crippen molar-refractivity contribution in [1.82, 2.24) is 9.62 Å². The number of aliphatic imine (C=N–C) groups is 1. The monoisotopic (exact) mass is 459 g/mol. The number of nitrogens with zero attached hydrogens (tertiary/aromatic N) is 3. The number of anilines is 1. The Hall–Kier alpha value is -3.55. The van der Waals surface area contributed by atoms with Gasteiger partial charge < -0.3 is 19.7 Å². The van der Waals surface area contributed by atoms with Crippen LogP contribution in [0.15, 0.2) is 50.4 Å². The van der Waals surface area contributed by atoms with E-state index in [1.807, 2.05) is 0 Å². The van der Waals surface area contributed by atoms with E-state index < -0.39 is 51.5 Å². The Balaban J connectivity index is 2.01. The van der Waals surface area contributed by atoms with Crippen molar-refractivity contribution >= 4 is 33.5 Å². The highest BCUT2D eigenvalue weighted by Gasteiger charge is 2.44. The fourth-order valence-corrected chi connectivity index (χ4v) is 3.40. The maximum atomic E-state index is 13.5. The third-order valence-corrected chi connectivity index (χ3v) is 4.84. The number of furan rings is 1. The molecule has 1 aromatic carbocycles. The van der Waals surface area contributed by atoms with Crippen LogP contribution in [0.5, 0.6) is 5.75 Å². The zero-order chi connectivity index (χ0) is 23.0. The molecule has 0 radical (unpaired) electrons. The van der Waals surface area contributed by atoms with Gasteiger partial charge in [0.1, 0.15) is 5.76 Å². The summed E-state index contributed by atoms with van der Waals surface area (Å²) < 4.78 is 74.0. The van der Waals surface area contributed by atoms with Gasteiger partial charge in [-0.3, -0.25) is 4.79 Å². The van der Waals surface area contributed by atoms with Gasteiger partial charge in [0.15, 0.2) is 17.4 Å². The molecule has 0 saturated carbocycles. The summed E-state index contributed by atoms with van der Waals surface area (Å²) in [4.78, 5) is 16.8. The molecule has 0 aliphatic carbocycles. The first-order chi connectivity index (χ1) is 14.4. The lowest BCUT2D eigenvalue weighted by Crippen LogP contribution is -2.33. The maximum Gasteiger partial charge on any atom is 0.418 e. The number of amidine groups is 2. The molecule has 0 fully saturated rings. The van der Waals surface area contributed by atoms with E-state index in [-0.39, 0.29) is 11.3 Å². The molecule has 1 atom stereocenters. The normalized spacial score (nSPS) is 17.7. The zero-order valence-corrected chi connectivity index (χ0v) is 16.8. The van der Waals surface area contributed by atoms with E-state index in [9.17, 15) is 31.5 Å². The van der Waals surface area contributed by atoms with Crippen LogP contribution < -0.4 is 10.0 Å². The van der Waals surface area contributed by atoms with Crippen LogP contribution in [0.4, 0.5) is 18.9 Å². The topological polar surface area (TPSA) is 137 Å². The number of rotatable bonds is 4. The molecular weight excluding hydrogens is 443 g/mol. The van der Waals surface area contributed by atoms with Gasteiger partial charge in [0.05, 0.1) is 17.5 Å². The van der Waals surface area contributed by atoms with Gasteiger partial charge in [-0.15, -0.1) is 4.40 Å². The van der Waals surface area contributed by atoms with Crippen LogP contribution in [0.25, 0.3) is 0 Å². The number of benzene rings is 1. The highest BCUT2D eigenvalue weighted by molar-refractivity contribution is 7.89. The van der Waals surface area contributed by atoms with Crippen LogP contribution in [-0.4, -0.2) is 56.3 Å². The van der Waals surface area contributed by atoms with Crippen molar-refractivity contribution in [2.75, 3.05) is 19.4 Å². The molecule has 166 valence electrons. The molecule has 0 bridgehead atoms. The Labute approximate surface area is 174 Å². The molecule has 1 amide bonds. The molecule has 10 nitrogen and oxygen atoms in total. The Morgan fingerprint density at radius 1 is 1.29 bits per heavy atom. The van der Waals surface area contributed by atoms with Gasteiger partial charge in [0, 0.05) is 14.1 Å². The van der Waals surface area contributed by atoms with Crippen LogP contribution >= 0.6 is 0 Å². The van der Waals surface area contributed by atoms with Gasteiger partial charge in [-0.2, -0.15) is 21.6 Å². The SMILES string of the molecule is CN(C)C(=O)c1cccc(NC2=NS(=O)(=O)NC2=N[C@@H](c2ccco2)C(F)(F)F)c1O. The number of hydrogen-bond donors (Lipinski definition) is 3. The lowest BCUT2D eigenvalue weighted by atomic mass is 10.1. The van der Waals surface area contributed by atoms with E-state index in [0.717, 1.165) is 12.3 Å². The molecule has 1 aliphatic rings. The number of hydrogen-bond acceptors (Lipinski definition) is 7. The first-order valence-electron chi connectivity index (χ1n) is 8.50. The molecule has 1 aliphatic heterocycles. The van der Waals surface area contributed by atoms with Crippen LogP contribution in [-0.2, 0) is 10.2 Å². The second-order valence-corrected chi connectivity index (χ2v) is 7.82. The van der Waals surface area contributed by atoms with Crippen molar-refractivity contribution in [1.29, 1.82) is 0 Å². The van der Waals surface area contributed by atoms with Crippen molar-refractivity contribution < 1.29 is 35.9 Å². The number of para-hydroxylation sites is 1. The number of halogens is 3. The number of aromatic hydroxyl groups is 1. The van der Waals surface area contributed by atoms with Crippen LogP contribution in [0.3, 0.4) is 0 Å². The maximum absolute atomic E-state index is 13.5. The number of alkyl halides is 3.